The number of carbonyl (C=O) groups excluding carboxylic acids is 2. The number of methoxy groups -OCH3 is 1. The summed E-state index contributed by atoms with van der Waals surface area (Å²) in [5, 5.41) is 0. The predicted molar refractivity (Wildman–Crippen MR) is 145 cm³/mol. The Morgan fingerprint density at radius 3 is 2.36 bits per heavy atom. The molecule has 184 valence electrons. The molecular weight excluding hydrogens is 494 g/mol. The van der Waals surface area contributed by atoms with Gasteiger partial charge in [-0.05, 0) is 41.8 Å². The zero-order valence-electron chi connectivity index (χ0n) is 19.9. The number of hydrogen-bond acceptors (Lipinski definition) is 7. The molecule has 0 spiro atoms. The van der Waals surface area contributed by atoms with Gasteiger partial charge >= 0.3 is 5.97 Å². The molecule has 8 heteroatoms. The Morgan fingerprint density at radius 2 is 1.69 bits per heavy atom. The third-order valence-corrected chi connectivity index (χ3v) is 6.75. The monoisotopic (exact) mass is 519 g/mol. The molecule has 1 unspecified atom stereocenters. The summed E-state index contributed by atoms with van der Waals surface area (Å²) in [6, 6.07) is 23.4. The lowest BCUT2D eigenvalue weighted by Crippen LogP contribution is -2.37. The molecule has 0 saturated carbocycles. The van der Waals surface area contributed by atoms with Crippen LogP contribution in [0.4, 0.5) is 0 Å². The number of amides is 1. The molecule has 4 rings (SSSR count). The SMILES string of the molecule is CCOc1cc(/C=C2\SC(=S)N(C(C(=O)OC)c3ccccc3)C2=O)ccc1OCc1ccccc1. The van der Waals surface area contributed by atoms with E-state index >= 15 is 0 Å². The van der Waals surface area contributed by atoms with Gasteiger partial charge in [-0.15, -0.1) is 0 Å². The van der Waals surface area contributed by atoms with Crippen molar-refractivity contribution in [2.75, 3.05) is 13.7 Å². The quantitative estimate of drug-likeness (QED) is 0.202. The van der Waals surface area contributed by atoms with Crippen LogP contribution < -0.4 is 9.47 Å². The van der Waals surface area contributed by atoms with Crippen molar-refractivity contribution < 1.29 is 23.8 Å². The number of hydrogen-bond donors (Lipinski definition) is 0. The molecule has 1 aliphatic heterocycles. The second kappa shape index (κ2) is 11.9. The van der Waals surface area contributed by atoms with Gasteiger partial charge in [0, 0.05) is 0 Å². The highest BCUT2D eigenvalue weighted by Crippen LogP contribution is 2.39. The molecule has 1 saturated heterocycles. The summed E-state index contributed by atoms with van der Waals surface area (Å²) >= 11 is 6.65. The van der Waals surface area contributed by atoms with Gasteiger partial charge in [-0.2, -0.15) is 0 Å². The normalized spacial score (nSPS) is 15.2. The van der Waals surface area contributed by atoms with Crippen molar-refractivity contribution in [2.45, 2.75) is 19.6 Å². The first-order valence-corrected chi connectivity index (χ1v) is 12.6. The van der Waals surface area contributed by atoms with Gasteiger partial charge in [0.2, 0.25) is 0 Å². The van der Waals surface area contributed by atoms with E-state index in [0.29, 0.717) is 39.5 Å². The van der Waals surface area contributed by atoms with E-state index in [1.54, 1.807) is 30.3 Å². The van der Waals surface area contributed by atoms with Crippen molar-refractivity contribution in [1.29, 1.82) is 0 Å². The van der Waals surface area contributed by atoms with Gasteiger partial charge in [-0.3, -0.25) is 9.69 Å². The van der Waals surface area contributed by atoms with Crippen molar-refractivity contribution in [3.8, 4) is 11.5 Å². The molecule has 6 nitrogen and oxygen atoms in total. The van der Waals surface area contributed by atoms with Gasteiger partial charge in [0.25, 0.3) is 5.91 Å². The van der Waals surface area contributed by atoms with E-state index in [2.05, 4.69) is 0 Å². The number of thioether (sulfide) groups is 1. The van der Waals surface area contributed by atoms with E-state index in [4.69, 9.17) is 26.4 Å². The molecule has 1 heterocycles. The lowest BCUT2D eigenvalue weighted by Gasteiger charge is -2.24. The zero-order chi connectivity index (χ0) is 25.5. The third-order valence-electron chi connectivity index (χ3n) is 5.42. The summed E-state index contributed by atoms with van der Waals surface area (Å²) in [6.07, 6.45) is 1.74. The zero-order valence-corrected chi connectivity index (χ0v) is 21.5. The van der Waals surface area contributed by atoms with Crippen LogP contribution in [0.15, 0.2) is 83.8 Å². The molecule has 1 aliphatic rings. The molecule has 1 fully saturated rings. The average Bonchev–Trinajstić information content (AvgIpc) is 3.17. The average molecular weight is 520 g/mol. The van der Waals surface area contributed by atoms with Crippen LogP contribution in [0, 0.1) is 0 Å². The Morgan fingerprint density at radius 1 is 1.00 bits per heavy atom. The maximum Gasteiger partial charge on any atom is 0.333 e. The van der Waals surface area contributed by atoms with E-state index in [9.17, 15) is 9.59 Å². The van der Waals surface area contributed by atoms with Crippen LogP contribution >= 0.6 is 24.0 Å². The van der Waals surface area contributed by atoms with E-state index in [0.717, 1.165) is 22.9 Å². The molecule has 3 aromatic carbocycles. The van der Waals surface area contributed by atoms with Gasteiger partial charge in [0.15, 0.2) is 17.5 Å². The first-order chi connectivity index (χ1) is 17.5. The molecule has 1 atom stereocenters. The maximum absolute atomic E-state index is 13.4. The van der Waals surface area contributed by atoms with Crippen LogP contribution in [0.1, 0.15) is 29.7 Å². The summed E-state index contributed by atoms with van der Waals surface area (Å²) < 4.78 is 17.1. The number of esters is 1. The second-order valence-electron chi connectivity index (χ2n) is 7.80. The van der Waals surface area contributed by atoms with E-state index < -0.39 is 12.0 Å². The standard InChI is InChI=1S/C28H25NO5S2/c1-3-33-23-16-20(14-15-22(23)34-18-19-10-6-4-7-11-19)17-24-26(30)29(28(35)36-24)25(27(31)32-2)21-12-8-5-9-13-21/h4-17,25H,3,18H2,1-2H3/b24-17-. The molecule has 0 radical (unpaired) electrons. The lowest BCUT2D eigenvalue weighted by atomic mass is 10.1. The summed E-state index contributed by atoms with van der Waals surface area (Å²) in [5.41, 5.74) is 2.42. The van der Waals surface area contributed by atoms with Crippen molar-refractivity contribution >= 4 is 46.3 Å². The van der Waals surface area contributed by atoms with Crippen molar-refractivity contribution in [1.82, 2.24) is 4.90 Å². The van der Waals surface area contributed by atoms with E-state index in [1.807, 2.05) is 61.5 Å². The van der Waals surface area contributed by atoms with Crippen LogP contribution in [0.3, 0.4) is 0 Å². The van der Waals surface area contributed by atoms with Crippen LogP contribution in [-0.4, -0.2) is 34.8 Å². The number of nitrogens with zero attached hydrogens (tertiary/aromatic N) is 1. The highest BCUT2D eigenvalue weighted by atomic mass is 32.2. The molecular formula is C28H25NO5S2. The minimum Gasteiger partial charge on any atom is -0.490 e. The van der Waals surface area contributed by atoms with E-state index in [1.165, 1.54) is 12.0 Å². The fourth-order valence-corrected chi connectivity index (χ4v) is 5.04. The van der Waals surface area contributed by atoms with E-state index in [-0.39, 0.29) is 5.91 Å². The van der Waals surface area contributed by atoms with Crippen molar-refractivity contribution in [2.24, 2.45) is 0 Å². The summed E-state index contributed by atoms with van der Waals surface area (Å²) in [6.45, 7) is 2.77. The second-order valence-corrected chi connectivity index (χ2v) is 9.48. The Kier molecular flexibility index (Phi) is 8.40. The first-order valence-electron chi connectivity index (χ1n) is 11.3. The fourth-order valence-electron chi connectivity index (χ4n) is 3.73. The third kappa shape index (κ3) is 5.78. The Labute approximate surface area is 219 Å². The summed E-state index contributed by atoms with van der Waals surface area (Å²) in [7, 11) is 1.29. The highest BCUT2D eigenvalue weighted by molar-refractivity contribution is 8.26. The van der Waals surface area contributed by atoms with Crippen LogP contribution in [-0.2, 0) is 20.9 Å². The Bertz CT molecular complexity index is 1280. The molecule has 0 aliphatic carbocycles. The van der Waals surface area contributed by atoms with Gasteiger partial charge in [0.05, 0.1) is 18.6 Å². The maximum atomic E-state index is 13.4. The number of benzene rings is 3. The van der Waals surface area contributed by atoms with Crippen LogP contribution in [0.2, 0.25) is 0 Å². The van der Waals surface area contributed by atoms with Gasteiger partial charge in [-0.25, -0.2) is 4.79 Å². The summed E-state index contributed by atoms with van der Waals surface area (Å²) in [4.78, 5) is 27.7. The minimum atomic E-state index is -0.956. The number of carbonyl (C=O) groups is 2. The minimum absolute atomic E-state index is 0.290. The molecule has 3 aromatic rings. The largest absolute Gasteiger partial charge is 0.490 e. The first kappa shape index (κ1) is 25.5. The van der Waals surface area contributed by atoms with Gasteiger partial charge in [-0.1, -0.05) is 90.7 Å². The predicted octanol–water partition coefficient (Wildman–Crippen LogP) is 5.78. The lowest BCUT2D eigenvalue weighted by molar-refractivity contribution is -0.148. The molecule has 0 N–H and O–H groups in total. The molecule has 0 bridgehead atoms. The highest BCUT2D eigenvalue weighted by Gasteiger charge is 2.41. The van der Waals surface area contributed by atoms with Crippen molar-refractivity contribution in [3.05, 3.63) is 100 Å². The fraction of sp³-hybridized carbons (Fsp3) is 0.179. The summed E-state index contributed by atoms with van der Waals surface area (Å²) in [5.74, 6) is 0.276. The molecule has 36 heavy (non-hydrogen) atoms. The Balaban J connectivity index is 1.59. The topological polar surface area (TPSA) is 65.1 Å². The van der Waals surface area contributed by atoms with Gasteiger partial charge < -0.3 is 14.2 Å². The number of thiocarbonyl (C=S) groups is 1. The molecule has 1 amide bonds. The van der Waals surface area contributed by atoms with Gasteiger partial charge in [0.1, 0.15) is 10.9 Å². The molecule has 0 aromatic heterocycles. The smallest absolute Gasteiger partial charge is 0.333 e. The van der Waals surface area contributed by atoms with Crippen LogP contribution in [0.5, 0.6) is 11.5 Å². The number of rotatable bonds is 9. The number of ether oxygens (including phenoxy) is 3. The van der Waals surface area contributed by atoms with Crippen LogP contribution in [0.25, 0.3) is 6.08 Å². The van der Waals surface area contributed by atoms with Crippen molar-refractivity contribution in [3.63, 3.8) is 0 Å². The Hall–Kier alpha value is -3.62.